The fourth-order valence-corrected chi connectivity index (χ4v) is 1.71. The predicted molar refractivity (Wildman–Crippen MR) is 75.2 cm³/mol. The molecule has 0 rings (SSSR count). The average molecular weight is 322 g/mol. The van der Waals surface area contributed by atoms with Crippen molar-refractivity contribution in [2.24, 2.45) is 5.92 Å². The van der Waals surface area contributed by atoms with Crippen LogP contribution in [0.4, 0.5) is 0 Å². The second-order valence-electron chi connectivity index (χ2n) is 5.23. The van der Waals surface area contributed by atoms with Crippen LogP contribution >= 0.6 is 0 Å². The van der Waals surface area contributed by atoms with E-state index in [1.807, 2.05) is 0 Å². The first-order valence-corrected chi connectivity index (χ1v) is 7.29. The largest absolute Gasteiger partial charge is 0.396 e. The Morgan fingerprint density at radius 2 is 1.36 bits per heavy atom. The van der Waals surface area contributed by atoms with E-state index in [9.17, 15) is 30.0 Å². The highest BCUT2D eigenvalue weighted by atomic mass is 16.8. The van der Waals surface area contributed by atoms with E-state index in [0.29, 0.717) is 6.42 Å². The van der Waals surface area contributed by atoms with Gasteiger partial charge in [0.05, 0.1) is 12.0 Å². The van der Waals surface area contributed by atoms with Gasteiger partial charge in [-0.2, -0.15) is 0 Å². The van der Waals surface area contributed by atoms with Gasteiger partial charge < -0.3 is 29.9 Å². The SMILES string of the molecule is CCC(O)CC(CC)C(O)(OC(=O)C(C)O)OC(=O)C(C)O. The van der Waals surface area contributed by atoms with Gasteiger partial charge in [-0.15, -0.1) is 0 Å². The minimum absolute atomic E-state index is 0.00365. The van der Waals surface area contributed by atoms with Gasteiger partial charge in [-0.05, 0) is 33.1 Å². The van der Waals surface area contributed by atoms with Crippen LogP contribution in [0.5, 0.6) is 0 Å². The highest BCUT2D eigenvalue weighted by Gasteiger charge is 2.46. The molecule has 0 aromatic heterocycles. The Balaban J connectivity index is 5.34. The second-order valence-corrected chi connectivity index (χ2v) is 5.23. The topological polar surface area (TPSA) is 134 Å². The first-order chi connectivity index (χ1) is 10.1. The number of aliphatic hydroxyl groups is 4. The van der Waals surface area contributed by atoms with E-state index in [1.54, 1.807) is 13.8 Å². The minimum Gasteiger partial charge on any atom is -0.396 e. The summed E-state index contributed by atoms with van der Waals surface area (Å²) in [5.41, 5.74) is 0. The Labute approximate surface area is 129 Å². The summed E-state index contributed by atoms with van der Waals surface area (Å²) >= 11 is 0. The third-order valence-electron chi connectivity index (χ3n) is 3.21. The molecule has 8 nitrogen and oxygen atoms in total. The first kappa shape index (κ1) is 20.8. The summed E-state index contributed by atoms with van der Waals surface area (Å²) in [4.78, 5) is 23.1. The molecule has 0 aliphatic carbocycles. The van der Waals surface area contributed by atoms with Crippen molar-refractivity contribution in [2.45, 2.75) is 71.2 Å². The van der Waals surface area contributed by atoms with E-state index < -0.39 is 42.1 Å². The highest BCUT2D eigenvalue weighted by Crippen LogP contribution is 2.30. The Hall–Kier alpha value is -1.22. The second kappa shape index (κ2) is 9.04. The zero-order valence-electron chi connectivity index (χ0n) is 13.4. The van der Waals surface area contributed by atoms with E-state index in [4.69, 9.17) is 9.47 Å². The van der Waals surface area contributed by atoms with Crippen LogP contribution in [0.1, 0.15) is 47.0 Å². The summed E-state index contributed by atoms with van der Waals surface area (Å²) in [5.74, 6) is -5.98. The predicted octanol–water partition coefficient (Wildman–Crippen LogP) is -0.332. The maximum Gasteiger partial charge on any atom is 0.376 e. The number of esters is 2. The highest BCUT2D eigenvalue weighted by molar-refractivity contribution is 5.76. The monoisotopic (exact) mass is 322 g/mol. The van der Waals surface area contributed by atoms with Crippen molar-refractivity contribution in [1.29, 1.82) is 0 Å². The van der Waals surface area contributed by atoms with Crippen molar-refractivity contribution in [2.75, 3.05) is 0 Å². The van der Waals surface area contributed by atoms with Gasteiger partial charge in [0.2, 0.25) is 0 Å². The maximum absolute atomic E-state index is 11.5. The van der Waals surface area contributed by atoms with Crippen LogP contribution in [0.15, 0.2) is 0 Å². The molecular formula is C14H26O8. The van der Waals surface area contributed by atoms with Gasteiger partial charge in [0.25, 0.3) is 0 Å². The van der Waals surface area contributed by atoms with Gasteiger partial charge in [0.1, 0.15) is 12.2 Å². The summed E-state index contributed by atoms with van der Waals surface area (Å²) in [6, 6.07) is 0. The zero-order chi connectivity index (χ0) is 17.5. The van der Waals surface area contributed by atoms with Crippen molar-refractivity contribution >= 4 is 11.9 Å². The molecule has 4 atom stereocenters. The van der Waals surface area contributed by atoms with Crippen molar-refractivity contribution in [3.8, 4) is 0 Å². The summed E-state index contributed by atoms with van der Waals surface area (Å²) in [6.45, 7) is 5.62. The van der Waals surface area contributed by atoms with Crippen LogP contribution in [0.2, 0.25) is 0 Å². The van der Waals surface area contributed by atoms with Gasteiger partial charge in [0.15, 0.2) is 0 Å². The number of carbonyl (C=O) groups is 2. The van der Waals surface area contributed by atoms with Crippen LogP contribution in [-0.2, 0) is 19.1 Å². The Morgan fingerprint density at radius 1 is 0.955 bits per heavy atom. The summed E-state index contributed by atoms with van der Waals surface area (Å²) in [5, 5.41) is 38.5. The number of carbonyl (C=O) groups excluding carboxylic acids is 2. The van der Waals surface area contributed by atoms with Crippen LogP contribution in [0.25, 0.3) is 0 Å². The number of hydrogen-bond donors (Lipinski definition) is 4. The third-order valence-corrected chi connectivity index (χ3v) is 3.21. The minimum atomic E-state index is -2.67. The molecule has 0 aliphatic heterocycles. The Kier molecular flexibility index (Phi) is 8.54. The molecule has 0 saturated heterocycles. The quantitative estimate of drug-likeness (QED) is 0.335. The van der Waals surface area contributed by atoms with E-state index in [-0.39, 0.29) is 12.8 Å². The van der Waals surface area contributed by atoms with E-state index in [0.717, 1.165) is 13.8 Å². The number of hydrogen-bond acceptors (Lipinski definition) is 8. The Morgan fingerprint density at radius 3 is 1.64 bits per heavy atom. The summed E-state index contributed by atoms with van der Waals surface area (Å²) in [6.07, 6.45) is -3.26. The van der Waals surface area contributed by atoms with Gasteiger partial charge in [-0.3, -0.25) is 0 Å². The lowest BCUT2D eigenvalue weighted by molar-refractivity contribution is -0.357. The number of aliphatic hydroxyl groups excluding tert-OH is 3. The summed E-state index contributed by atoms with van der Waals surface area (Å²) in [7, 11) is 0. The average Bonchev–Trinajstić information content (AvgIpc) is 2.43. The molecule has 0 aliphatic rings. The van der Waals surface area contributed by atoms with Gasteiger partial charge >= 0.3 is 17.9 Å². The molecule has 130 valence electrons. The molecule has 22 heavy (non-hydrogen) atoms. The molecule has 0 aromatic carbocycles. The lowest BCUT2D eigenvalue weighted by Crippen LogP contribution is -2.50. The molecule has 0 radical (unpaired) electrons. The molecular weight excluding hydrogens is 296 g/mol. The molecule has 0 saturated carbocycles. The third kappa shape index (κ3) is 6.27. The van der Waals surface area contributed by atoms with Crippen LogP contribution in [-0.4, -0.2) is 56.6 Å². The first-order valence-electron chi connectivity index (χ1n) is 7.29. The van der Waals surface area contributed by atoms with Crippen LogP contribution in [0.3, 0.4) is 0 Å². The van der Waals surface area contributed by atoms with E-state index in [1.165, 1.54) is 0 Å². The molecule has 0 amide bonds. The molecule has 0 bridgehead atoms. The van der Waals surface area contributed by atoms with E-state index >= 15 is 0 Å². The van der Waals surface area contributed by atoms with E-state index in [2.05, 4.69) is 0 Å². The fourth-order valence-electron chi connectivity index (χ4n) is 1.71. The van der Waals surface area contributed by atoms with Gasteiger partial charge in [-0.1, -0.05) is 13.8 Å². The number of ether oxygens (including phenoxy) is 2. The zero-order valence-corrected chi connectivity index (χ0v) is 13.4. The standard InChI is InChI=1S/C14H26O8/c1-5-10(7-11(17)6-2)14(20,21-12(18)8(3)15)22-13(19)9(4)16/h8-11,15-17,20H,5-7H2,1-4H3. The molecule has 4 N–H and O–H groups in total. The van der Waals surface area contributed by atoms with Crippen molar-refractivity contribution < 1.29 is 39.5 Å². The lowest BCUT2D eigenvalue weighted by atomic mass is 9.94. The lowest BCUT2D eigenvalue weighted by Gasteiger charge is -2.35. The molecule has 0 spiro atoms. The maximum atomic E-state index is 11.5. The normalized spacial score (nSPS) is 19.5. The van der Waals surface area contributed by atoms with Crippen LogP contribution in [0, 0.1) is 5.92 Å². The molecule has 8 heteroatoms. The molecule has 0 fully saturated rings. The van der Waals surface area contributed by atoms with Gasteiger partial charge in [0, 0.05) is 0 Å². The van der Waals surface area contributed by atoms with Gasteiger partial charge in [-0.25, -0.2) is 9.59 Å². The smallest absolute Gasteiger partial charge is 0.376 e. The summed E-state index contributed by atoms with van der Waals surface area (Å²) < 4.78 is 9.44. The van der Waals surface area contributed by atoms with Crippen LogP contribution < -0.4 is 0 Å². The van der Waals surface area contributed by atoms with Crippen molar-refractivity contribution in [3.05, 3.63) is 0 Å². The molecule has 0 heterocycles. The fraction of sp³-hybridized carbons (Fsp3) is 0.857. The Bertz CT molecular complexity index is 344. The van der Waals surface area contributed by atoms with Crippen molar-refractivity contribution in [1.82, 2.24) is 0 Å². The molecule has 0 aromatic rings. The molecule has 4 unspecified atom stereocenters. The van der Waals surface area contributed by atoms with Crippen molar-refractivity contribution in [3.63, 3.8) is 0 Å². The number of rotatable bonds is 9.